The van der Waals surface area contributed by atoms with E-state index in [1.165, 1.54) is 25.3 Å². The van der Waals surface area contributed by atoms with Gasteiger partial charge in [0.1, 0.15) is 11.9 Å². The fourth-order valence-corrected chi connectivity index (χ4v) is 3.04. The maximum atomic E-state index is 13.6. The monoisotopic (exact) mass is 278 g/mol. The molecule has 2 rings (SSSR count). The molecule has 0 bridgehead atoms. The first kappa shape index (κ1) is 15.2. The van der Waals surface area contributed by atoms with E-state index in [1.807, 2.05) is 6.92 Å². The van der Waals surface area contributed by atoms with Gasteiger partial charge in [0.05, 0.1) is 0 Å². The number of carbonyl (C=O) groups is 1. The van der Waals surface area contributed by atoms with Crippen LogP contribution in [0.2, 0.25) is 0 Å². The van der Waals surface area contributed by atoms with Gasteiger partial charge in [-0.3, -0.25) is 4.79 Å². The molecule has 0 radical (unpaired) electrons. The molecular formula is C17H23FO2. The van der Waals surface area contributed by atoms with Gasteiger partial charge in [0.2, 0.25) is 0 Å². The molecule has 1 aromatic rings. The third-order valence-electron chi connectivity index (χ3n) is 4.06. The minimum Gasteiger partial charge on any atom is -0.370 e. The van der Waals surface area contributed by atoms with Crippen molar-refractivity contribution in [3.05, 3.63) is 35.6 Å². The van der Waals surface area contributed by atoms with Crippen LogP contribution in [0.1, 0.15) is 44.6 Å². The van der Waals surface area contributed by atoms with E-state index in [0.717, 1.165) is 12.8 Å². The number of ketones is 1. The van der Waals surface area contributed by atoms with E-state index in [2.05, 4.69) is 0 Å². The number of halogens is 1. The molecule has 0 spiro atoms. The summed E-state index contributed by atoms with van der Waals surface area (Å²) in [4.78, 5) is 12.5. The highest BCUT2D eigenvalue weighted by molar-refractivity contribution is 5.85. The predicted molar refractivity (Wildman–Crippen MR) is 77.1 cm³/mol. The van der Waals surface area contributed by atoms with Gasteiger partial charge in [-0.05, 0) is 37.3 Å². The minimum absolute atomic E-state index is 0.0175. The van der Waals surface area contributed by atoms with E-state index >= 15 is 0 Å². The van der Waals surface area contributed by atoms with Crippen LogP contribution in [0.4, 0.5) is 4.39 Å². The van der Waals surface area contributed by atoms with Crippen LogP contribution in [0.5, 0.6) is 0 Å². The topological polar surface area (TPSA) is 26.3 Å². The molecule has 1 unspecified atom stereocenters. The second-order valence-corrected chi connectivity index (χ2v) is 5.51. The Kier molecular flexibility index (Phi) is 5.72. The zero-order chi connectivity index (χ0) is 14.4. The molecule has 3 heteroatoms. The Morgan fingerprint density at radius 2 is 2.00 bits per heavy atom. The fraction of sp³-hybridized carbons (Fsp3) is 0.588. The van der Waals surface area contributed by atoms with Crippen molar-refractivity contribution in [1.29, 1.82) is 0 Å². The average molecular weight is 278 g/mol. The van der Waals surface area contributed by atoms with Gasteiger partial charge >= 0.3 is 0 Å². The number of Topliss-reactive ketones (excluding diaryl/α,β-unsaturated/α-hetero) is 1. The molecule has 2 nitrogen and oxygen atoms in total. The summed E-state index contributed by atoms with van der Waals surface area (Å²) in [5, 5.41) is 0. The molecule has 20 heavy (non-hydrogen) atoms. The Bertz CT molecular complexity index is 438. The van der Waals surface area contributed by atoms with Gasteiger partial charge in [0.15, 0.2) is 5.78 Å². The predicted octanol–water partition coefficient (Wildman–Crippen LogP) is 3.92. The normalized spacial score (nSPS) is 17.9. The van der Waals surface area contributed by atoms with Gasteiger partial charge in [0, 0.05) is 13.0 Å². The number of ether oxygens (including phenoxy) is 1. The van der Waals surface area contributed by atoms with E-state index in [1.54, 1.807) is 18.2 Å². The fourth-order valence-electron chi connectivity index (χ4n) is 3.04. The highest BCUT2D eigenvalue weighted by Crippen LogP contribution is 2.29. The standard InChI is InChI=1S/C17H23FO2/c1-2-20-17(13-8-4-3-5-9-13)16(19)12-14-10-6-7-11-15(14)18/h6-7,10-11,13,17H,2-5,8-9,12H2,1H3. The molecule has 1 saturated carbocycles. The van der Waals surface area contributed by atoms with Gasteiger partial charge in [-0.2, -0.15) is 0 Å². The number of hydrogen-bond acceptors (Lipinski definition) is 2. The van der Waals surface area contributed by atoms with E-state index in [0.29, 0.717) is 18.1 Å². The lowest BCUT2D eigenvalue weighted by molar-refractivity contribution is -0.134. The number of benzene rings is 1. The lowest BCUT2D eigenvalue weighted by Crippen LogP contribution is -2.35. The molecule has 110 valence electrons. The van der Waals surface area contributed by atoms with Gasteiger partial charge in [-0.15, -0.1) is 0 Å². The van der Waals surface area contributed by atoms with Crippen LogP contribution >= 0.6 is 0 Å². The van der Waals surface area contributed by atoms with Gasteiger partial charge < -0.3 is 4.74 Å². The van der Waals surface area contributed by atoms with Gasteiger partial charge in [-0.25, -0.2) is 4.39 Å². The Balaban J connectivity index is 2.04. The summed E-state index contributed by atoms with van der Waals surface area (Å²) >= 11 is 0. The van der Waals surface area contributed by atoms with E-state index in [9.17, 15) is 9.18 Å². The Labute approximate surface area is 120 Å². The van der Waals surface area contributed by atoms with Crippen LogP contribution < -0.4 is 0 Å². The lowest BCUT2D eigenvalue weighted by atomic mass is 9.82. The average Bonchev–Trinajstić information content (AvgIpc) is 2.48. The second-order valence-electron chi connectivity index (χ2n) is 5.51. The summed E-state index contributed by atoms with van der Waals surface area (Å²) in [6.45, 7) is 2.44. The van der Waals surface area contributed by atoms with Crippen LogP contribution in [0.25, 0.3) is 0 Å². The molecule has 0 heterocycles. The highest BCUT2D eigenvalue weighted by Gasteiger charge is 2.30. The molecule has 0 N–H and O–H groups in total. The van der Waals surface area contributed by atoms with Crippen molar-refractivity contribution in [3.63, 3.8) is 0 Å². The van der Waals surface area contributed by atoms with Crippen molar-refractivity contribution >= 4 is 5.78 Å². The van der Waals surface area contributed by atoms with Crippen LogP contribution in [-0.2, 0) is 16.0 Å². The van der Waals surface area contributed by atoms with Crippen LogP contribution in [0, 0.1) is 11.7 Å². The molecule has 1 aromatic carbocycles. The molecule has 1 aliphatic carbocycles. The third-order valence-corrected chi connectivity index (χ3v) is 4.06. The Morgan fingerprint density at radius 3 is 2.65 bits per heavy atom. The summed E-state index contributed by atoms with van der Waals surface area (Å²) in [5.74, 6) is 0.0200. The van der Waals surface area contributed by atoms with Crippen LogP contribution in [0.3, 0.4) is 0 Å². The molecule has 0 aromatic heterocycles. The molecule has 0 saturated heterocycles. The highest BCUT2D eigenvalue weighted by atomic mass is 19.1. The van der Waals surface area contributed by atoms with Crippen molar-refractivity contribution in [2.45, 2.75) is 51.6 Å². The zero-order valence-electron chi connectivity index (χ0n) is 12.1. The van der Waals surface area contributed by atoms with Gasteiger partial charge in [0.25, 0.3) is 0 Å². The summed E-state index contributed by atoms with van der Waals surface area (Å²) in [7, 11) is 0. The smallest absolute Gasteiger partial charge is 0.166 e. The molecule has 1 aliphatic rings. The van der Waals surface area contributed by atoms with Gasteiger partial charge in [-0.1, -0.05) is 37.5 Å². The summed E-state index contributed by atoms with van der Waals surface area (Å²) in [6.07, 6.45) is 5.45. The first-order valence-corrected chi connectivity index (χ1v) is 7.60. The van der Waals surface area contributed by atoms with Crippen molar-refractivity contribution in [1.82, 2.24) is 0 Å². The largest absolute Gasteiger partial charge is 0.370 e. The number of rotatable bonds is 6. The van der Waals surface area contributed by atoms with Crippen molar-refractivity contribution in [3.8, 4) is 0 Å². The first-order valence-electron chi connectivity index (χ1n) is 7.60. The SMILES string of the molecule is CCOC(C(=O)Cc1ccccc1F)C1CCCCC1. The summed E-state index contributed by atoms with van der Waals surface area (Å²) < 4.78 is 19.3. The quantitative estimate of drug-likeness (QED) is 0.788. The van der Waals surface area contributed by atoms with E-state index < -0.39 is 0 Å². The Morgan fingerprint density at radius 1 is 1.30 bits per heavy atom. The number of hydrogen-bond donors (Lipinski definition) is 0. The maximum absolute atomic E-state index is 13.6. The van der Waals surface area contributed by atoms with Crippen LogP contribution in [0.15, 0.2) is 24.3 Å². The van der Waals surface area contributed by atoms with E-state index in [-0.39, 0.29) is 24.1 Å². The molecule has 1 fully saturated rings. The maximum Gasteiger partial charge on any atom is 0.166 e. The second kappa shape index (κ2) is 7.53. The first-order chi connectivity index (χ1) is 9.72. The molecular weight excluding hydrogens is 255 g/mol. The molecule has 0 amide bonds. The molecule has 0 aliphatic heterocycles. The van der Waals surface area contributed by atoms with Crippen molar-refractivity contribution in [2.75, 3.05) is 6.61 Å². The van der Waals surface area contributed by atoms with Crippen molar-refractivity contribution in [2.24, 2.45) is 5.92 Å². The number of carbonyl (C=O) groups excluding carboxylic acids is 1. The third kappa shape index (κ3) is 3.89. The van der Waals surface area contributed by atoms with Crippen molar-refractivity contribution < 1.29 is 13.9 Å². The molecule has 1 atom stereocenters. The zero-order valence-corrected chi connectivity index (χ0v) is 12.1. The van der Waals surface area contributed by atoms with Crippen LogP contribution in [-0.4, -0.2) is 18.5 Å². The Hall–Kier alpha value is -1.22. The van der Waals surface area contributed by atoms with E-state index in [4.69, 9.17) is 4.74 Å². The summed E-state index contributed by atoms with van der Waals surface area (Å²) in [5.41, 5.74) is 0.470. The summed E-state index contributed by atoms with van der Waals surface area (Å²) in [6, 6.07) is 6.49. The minimum atomic E-state index is -0.361. The lowest BCUT2D eigenvalue weighted by Gasteiger charge is -2.29.